The number of carbonyl (C=O) groups is 1. The molecule has 0 spiro atoms. The van der Waals surface area contributed by atoms with Crippen molar-refractivity contribution in [3.63, 3.8) is 0 Å². The van der Waals surface area contributed by atoms with E-state index in [0.29, 0.717) is 0 Å². The number of hydrogen-bond donors (Lipinski definition) is 1. The van der Waals surface area contributed by atoms with Crippen molar-refractivity contribution in [2.24, 2.45) is 0 Å². The van der Waals surface area contributed by atoms with E-state index in [-0.39, 0.29) is 11.4 Å². The first-order valence-corrected chi connectivity index (χ1v) is 6.69. The number of hydrogen-bond acceptors (Lipinski definition) is 2. The van der Waals surface area contributed by atoms with Crippen LogP contribution in [0.5, 0.6) is 0 Å². The molecule has 1 aliphatic heterocycles. The van der Waals surface area contributed by atoms with Crippen LogP contribution in [-0.2, 0) is 0 Å². The van der Waals surface area contributed by atoms with E-state index in [0.717, 1.165) is 31.5 Å². The summed E-state index contributed by atoms with van der Waals surface area (Å²) in [5, 5.41) is 3.22. The lowest BCUT2D eigenvalue weighted by Crippen LogP contribution is -2.57. The molecule has 1 atom stereocenters. The van der Waals surface area contributed by atoms with Gasteiger partial charge in [-0.15, -0.1) is 0 Å². The number of rotatable bonds is 3. The van der Waals surface area contributed by atoms with Gasteiger partial charge in [0.2, 0.25) is 0 Å². The van der Waals surface area contributed by atoms with Crippen molar-refractivity contribution in [1.29, 1.82) is 0 Å². The fraction of sp³-hybridized carbons (Fsp3) is 0.533. The Balaban J connectivity index is 2.21. The molecule has 2 rings (SSSR count). The summed E-state index contributed by atoms with van der Waals surface area (Å²) in [5.41, 5.74) is 0.738. The number of amides is 1. The van der Waals surface area contributed by atoms with Gasteiger partial charge in [-0.3, -0.25) is 4.79 Å². The first kappa shape index (κ1) is 13.1. The molecule has 98 valence electrons. The molecule has 3 nitrogen and oxygen atoms in total. The Labute approximate surface area is 109 Å². The Morgan fingerprint density at radius 2 is 2.06 bits per heavy atom. The van der Waals surface area contributed by atoms with E-state index in [1.807, 2.05) is 42.3 Å². The lowest BCUT2D eigenvalue weighted by atomic mass is 9.87. The van der Waals surface area contributed by atoms with Crippen LogP contribution in [0.25, 0.3) is 0 Å². The van der Waals surface area contributed by atoms with E-state index in [9.17, 15) is 4.79 Å². The van der Waals surface area contributed by atoms with Gasteiger partial charge in [0, 0.05) is 18.7 Å². The predicted octanol–water partition coefficient (Wildman–Crippen LogP) is 2.29. The van der Waals surface area contributed by atoms with Crippen LogP contribution in [0, 0.1) is 0 Å². The van der Waals surface area contributed by atoms with E-state index in [1.54, 1.807) is 0 Å². The van der Waals surface area contributed by atoms with E-state index < -0.39 is 0 Å². The summed E-state index contributed by atoms with van der Waals surface area (Å²) in [6.07, 6.45) is 3.39. The van der Waals surface area contributed by atoms with Crippen molar-refractivity contribution < 1.29 is 4.79 Å². The van der Waals surface area contributed by atoms with E-state index >= 15 is 0 Å². The zero-order valence-electron chi connectivity index (χ0n) is 11.3. The first-order valence-electron chi connectivity index (χ1n) is 6.69. The molecule has 1 unspecified atom stereocenters. The summed E-state index contributed by atoms with van der Waals surface area (Å²) in [5.74, 6) is 0.160. The summed E-state index contributed by atoms with van der Waals surface area (Å²) in [4.78, 5) is 14.6. The number of nitrogens with one attached hydrogen (secondary N) is 1. The molecule has 1 saturated heterocycles. The quantitative estimate of drug-likeness (QED) is 0.887. The Bertz CT molecular complexity index is 400. The van der Waals surface area contributed by atoms with Gasteiger partial charge in [-0.2, -0.15) is 0 Å². The Kier molecular flexibility index (Phi) is 4.02. The number of piperidine rings is 1. The van der Waals surface area contributed by atoms with Gasteiger partial charge in [0.05, 0.1) is 5.54 Å². The maximum atomic E-state index is 12.6. The molecule has 0 saturated carbocycles. The highest BCUT2D eigenvalue weighted by Gasteiger charge is 2.37. The molecule has 0 radical (unpaired) electrons. The molecule has 0 aromatic heterocycles. The minimum absolute atomic E-state index is 0.0556. The van der Waals surface area contributed by atoms with Crippen molar-refractivity contribution in [1.82, 2.24) is 10.2 Å². The van der Waals surface area contributed by atoms with Gasteiger partial charge in [0.1, 0.15) is 0 Å². The standard InChI is InChI=1S/C15H22N2O/c1-15(12-16-2)10-6-7-11-17(15)14(18)13-8-4-3-5-9-13/h3-5,8-9,16H,6-7,10-12H2,1-2H3. The van der Waals surface area contributed by atoms with Crippen LogP contribution >= 0.6 is 0 Å². The number of benzene rings is 1. The fourth-order valence-corrected chi connectivity index (χ4v) is 2.83. The lowest BCUT2D eigenvalue weighted by Gasteiger charge is -2.45. The Hall–Kier alpha value is -1.35. The van der Waals surface area contributed by atoms with Crippen molar-refractivity contribution in [2.45, 2.75) is 31.7 Å². The van der Waals surface area contributed by atoms with Gasteiger partial charge < -0.3 is 10.2 Å². The summed E-state index contributed by atoms with van der Waals surface area (Å²) in [6, 6.07) is 9.59. The van der Waals surface area contributed by atoms with E-state index in [2.05, 4.69) is 12.2 Å². The Morgan fingerprint density at radius 1 is 1.33 bits per heavy atom. The first-order chi connectivity index (χ1) is 8.67. The highest BCUT2D eigenvalue weighted by Crippen LogP contribution is 2.28. The molecule has 0 bridgehead atoms. The number of likely N-dealkylation sites (N-methyl/N-ethyl adjacent to an activating group) is 1. The van der Waals surface area contributed by atoms with Crippen LogP contribution in [0.15, 0.2) is 30.3 Å². The van der Waals surface area contributed by atoms with Crippen molar-refractivity contribution in [3.8, 4) is 0 Å². The number of likely N-dealkylation sites (tertiary alicyclic amines) is 1. The monoisotopic (exact) mass is 246 g/mol. The molecular formula is C15H22N2O. The SMILES string of the molecule is CNCC1(C)CCCCN1C(=O)c1ccccc1. The van der Waals surface area contributed by atoms with Crippen molar-refractivity contribution in [2.75, 3.05) is 20.1 Å². The lowest BCUT2D eigenvalue weighted by molar-refractivity contribution is 0.0382. The average Bonchev–Trinajstić information content (AvgIpc) is 2.39. The van der Waals surface area contributed by atoms with E-state index in [1.165, 1.54) is 6.42 Å². The molecular weight excluding hydrogens is 224 g/mol. The van der Waals surface area contributed by atoms with E-state index in [4.69, 9.17) is 0 Å². The molecule has 18 heavy (non-hydrogen) atoms. The third-order valence-electron chi connectivity index (χ3n) is 3.82. The molecule has 1 heterocycles. The van der Waals surface area contributed by atoms with Crippen LogP contribution in [-0.4, -0.2) is 36.5 Å². The summed E-state index contributed by atoms with van der Waals surface area (Å²) < 4.78 is 0. The van der Waals surface area contributed by atoms with Crippen LogP contribution in [0.2, 0.25) is 0 Å². The second-order valence-electron chi connectivity index (χ2n) is 5.31. The topological polar surface area (TPSA) is 32.3 Å². The smallest absolute Gasteiger partial charge is 0.254 e. The molecule has 1 aromatic carbocycles. The van der Waals surface area contributed by atoms with Gasteiger partial charge in [-0.1, -0.05) is 18.2 Å². The number of nitrogens with zero attached hydrogens (tertiary/aromatic N) is 1. The summed E-state index contributed by atoms with van der Waals surface area (Å²) in [7, 11) is 1.95. The normalized spacial score (nSPS) is 24.0. The average molecular weight is 246 g/mol. The zero-order valence-corrected chi connectivity index (χ0v) is 11.3. The predicted molar refractivity (Wildman–Crippen MR) is 73.7 cm³/mol. The van der Waals surface area contributed by atoms with Crippen LogP contribution in [0.3, 0.4) is 0 Å². The van der Waals surface area contributed by atoms with Gasteiger partial charge in [-0.25, -0.2) is 0 Å². The molecule has 3 heteroatoms. The van der Waals surface area contributed by atoms with Crippen molar-refractivity contribution in [3.05, 3.63) is 35.9 Å². The minimum atomic E-state index is -0.0556. The second-order valence-corrected chi connectivity index (χ2v) is 5.31. The minimum Gasteiger partial charge on any atom is -0.332 e. The molecule has 1 N–H and O–H groups in total. The third-order valence-corrected chi connectivity index (χ3v) is 3.82. The summed E-state index contributed by atoms with van der Waals surface area (Å²) in [6.45, 7) is 3.90. The highest BCUT2D eigenvalue weighted by atomic mass is 16.2. The summed E-state index contributed by atoms with van der Waals surface area (Å²) >= 11 is 0. The van der Waals surface area contributed by atoms with Gasteiger partial charge >= 0.3 is 0 Å². The second kappa shape index (κ2) is 5.53. The van der Waals surface area contributed by atoms with Gasteiger partial charge in [-0.05, 0) is 45.4 Å². The zero-order chi connectivity index (χ0) is 13.0. The maximum absolute atomic E-state index is 12.6. The van der Waals surface area contributed by atoms with Crippen LogP contribution in [0.4, 0.5) is 0 Å². The van der Waals surface area contributed by atoms with Crippen LogP contribution < -0.4 is 5.32 Å². The molecule has 0 aliphatic carbocycles. The van der Waals surface area contributed by atoms with Crippen molar-refractivity contribution >= 4 is 5.91 Å². The highest BCUT2D eigenvalue weighted by molar-refractivity contribution is 5.94. The van der Waals surface area contributed by atoms with Gasteiger partial charge in [0.25, 0.3) is 5.91 Å². The van der Waals surface area contributed by atoms with Gasteiger partial charge in [0.15, 0.2) is 0 Å². The number of carbonyl (C=O) groups excluding carboxylic acids is 1. The Morgan fingerprint density at radius 3 is 2.72 bits per heavy atom. The van der Waals surface area contributed by atoms with Crippen LogP contribution in [0.1, 0.15) is 36.5 Å². The molecule has 1 aromatic rings. The third kappa shape index (κ3) is 2.56. The molecule has 1 amide bonds. The maximum Gasteiger partial charge on any atom is 0.254 e. The molecule has 1 fully saturated rings. The largest absolute Gasteiger partial charge is 0.332 e. The fourth-order valence-electron chi connectivity index (χ4n) is 2.83. The molecule has 1 aliphatic rings.